The molecule has 1 aromatic rings. The Kier molecular flexibility index (Phi) is 5.94. The van der Waals surface area contributed by atoms with Gasteiger partial charge in [0.2, 0.25) is 0 Å². The molecule has 9 heteroatoms. The van der Waals surface area contributed by atoms with Crippen LogP contribution in [0, 0.1) is 0 Å². The van der Waals surface area contributed by atoms with E-state index in [0.29, 0.717) is 28.5 Å². The maximum absolute atomic E-state index is 11.1. The molecule has 6 nitrogen and oxygen atoms in total. The molecular weight excluding hydrogens is 365 g/mol. The number of halogens is 2. The smallest absolute Gasteiger partial charge is 0.333 e. The summed E-state index contributed by atoms with van der Waals surface area (Å²) in [4.78, 5) is 0. The van der Waals surface area contributed by atoms with Gasteiger partial charge in [0, 0.05) is 15.6 Å². The van der Waals surface area contributed by atoms with Crippen molar-refractivity contribution in [2.75, 3.05) is 6.61 Å². The summed E-state index contributed by atoms with van der Waals surface area (Å²) in [6, 6.07) is 5.00. The van der Waals surface area contributed by atoms with Crippen LogP contribution in [0.3, 0.4) is 0 Å². The Morgan fingerprint density at radius 1 is 1.26 bits per heavy atom. The molecule has 23 heavy (non-hydrogen) atoms. The SMILES string of the molecule is CCC1(CC)OC(c2ccc(Cl)cc2Cl)[C@@H](COS(N)(=O)=O)O1. The standard InChI is InChI=1S/C14H19Cl2NO5S/c1-3-14(4-2)21-12(8-20-23(17,18)19)13(22-14)10-6-5-9(15)7-11(10)16/h5-7,12-13H,3-4,8H2,1-2H3,(H2,17,18,19)/t12-,13?/m1/s1. The first-order valence-electron chi connectivity index (χ1n) is 7.17. The van der Waals surface area contributed by atoms with Gasteiger partial charge in [0.05, 0.1) is 6.61 Å². The van der Waals surface area contributed by atoms with E-state index in [1.54, 1.807) is 18.2 Å². The van der Waals surface area contributed by atoms with Crippen molar-refractivity contribution in [2.45, 2.75) is 44.7 Å². The molecule has 0 saturated carbocycles. The second-order valence-electron chi connectivity index (χ2n) is 5.26. The molecule has 0 aliphatic carbocycles. The van der Waals surface area contributed by atoms with Crippen molar-refractivity contribution in [3.8, 4) is 0 Å². The predicted octanol–water partition coefficient (Wildman–Crippen LogP) is 3.19. The zero-order valence-electron chi connectivity index (χ0n) is 12.8. The van der Waals surface area contributed by atoms with Gasteiger partial charge in [-0.05, 0) is 25.0 Å². The summed E-state index contributed by atoms with van der Waals surface area (Å²) in [6.45, 7) is 3.59. The Labute approximate surface area is 146 Å². The van der Waals surface area contributed by atoms with Crippen LogP contribution >= 0.6 is 23.2 Å². The molecule has 0 spiro atoms. The molecule has 0 aromatic heterocycles. The lowest BCUT2D eigenvalue weighted by atomic mass is 10.1. The predicted molar refractivity (Wildman–Crippen MR) is 87.5 cm³/mol. The van der Waals surface area contributed by atoms with Crippen LogP contribution < -0.4 is 5.14 Å². The van der Waals surface area contributed by atoms with E-state index in [-0.39, 0.29) is 6.61 Å². The number of benzene rings is 1. The lowest BCUT2D eigenvalue weighted by Gasteiger charge is -2.25. The van der Waals surface area contributed by atoms with Gasteiger partial charge in [0.15, 0.2) is 5.79 Å². The van der Waals surface area contributed by atoms with Crippen molar-refractivity contribution in [1.29, 1.82) is 0 Å². The van der Waals surface area contributed by atoms with Gasteiger partial charge in [-0.15, -0.1) is 0 Å². The zero-order valence-corrected chi connectivity index (χ0v) is 15.1. The minimum atomic E-state index is -4.07. The molecule has 1 unspecified atom stereocenters. The third-order valence-corrected chi connectivity index (χ3v) is 4.82. The summed E-state index contributed by atoms with van der Waals surface area (Å²) in [5.74, 6) is -0.819. The first-order valence-corrected chi connectivity index (χ1v) is 9.40. The average Bonchev–Trinajstić information content (AvgIpc) is 2.84. The number of nitrogens with two attached hydrogens (primary N) is 1. The molecule has 1 aromatic carbocycles. The van der Waals surface area contributed by atoms with Crippen molar-refractivity contribution < 1.29 is 22.1 Å². The molecule has 130 valence electrons. The molecule has 2 rings (SSSR count). The van der Waals surface area contributed by atoms with Crippen molar-refractivity contribution >= 4 is 33.5 Å². The molecule has 1 aliphatic rings. The van der Waals surface area contributed by atoms with Crippen molar-refractivity contribution in [3.05, 3.63) is 33.8 Å². The molecule has 0 amide bonds. The summed E-state index contributed by atoms with van der Waals surface area (Å²) in [7, 11) is -4.07. The summed E-state index contributed by atoms with van der Waals surface area (Å²) in [5, 5.41) is 5.79. The fourth-order valence-electron chi connectivity index (χ4n) is 2.54. The van der Waals surface area contributed by atoms with E-state index in [0.717, 1.165) is 0 Å². The Bertz CT molecular complexity index is 663. The number of hydrogen-bond donors (Lipinski definition) is 1. The summed E-state index contributed by atoms with van der Waals surface area (Å²) >= 11 is 12.2. The van der Waals surface area contributed by atoms with E-state index in [9.17, 15) is 8.42 Å². The number of ether oxygens (including phenoxy) is 2. The molecule has 1 heterocycles. The van der Waals surface area contributed by atoms with Crippen LogP contribution in [0.2, 0.25) is 10.0 Å². The minimum absolute atomic E-state index is 0.260. The Balaban J connectivity index is 2.32. The molecule has 0 radical (unpaired) electrons. The van der Waals surface area contributed by atoms with E-state index >= 15 is 0 Å². The highest BCUT2D eigenvalue weighted by atomic mass is 35.5. The molecule has 2 atom stereocenters. The molecular formula is C14H19Cl2NO5S. The van der Waals surface area contributed by atoms with Gasteiger partial charge in [0.25, 0.3) is 0 Å². The average molecular weight is 384 g/mol. The van der Waals surface area contributed by atoms with E-state index in [1.807, 2.05) is 13.8 Å². The van der Waals surface area contributed by atoms with Crippen LogP contribution in [0.5, 0.6) is 0 Å². The van der Waals surface area contributed by atoms with Gasteiger partial charge in [-0.3, -0.25) is 4.18 Å². The fraction of sp³-hybridized carbons (Fsp3) is 0.571. The van der Waals surface area contributed by atoms with E-state index in [4.69, 9.17) is 37.8 Å². The number of rotatable bonds is 6. The highest BCUT2D eigenvalue weighted by molar-refractivity contribution is 7.84. The second-order valence-corrected chi connectivity index (χ2v) is 7.32. The van der Waals surface area contributed by atoms with Crippen LogP contribution in [-0.4, -0.2) is 26.9 Å². The summed E-state index contributed by atoms with van der Waals surface area (Å²) in [6.07, 6.45) is -0.0536. The van der Waals surface area contributed by atoms with Gasteiger partial charge < -0.3 is 9.47 Å². The maximum atomic E-state index is 11.1. The minimum Gasteiger partial charge on any atom is -0.341 e. The van der Waals surface area contributed by atoms with Gasteiger partial charge in [0.1, 0.15) is 12.2 Å². The third-order valence-electron chi connectivity index (χ3n) is 3.79. The summed E-state index contributed by atoms with van der Waals surface area (Å²) in [5.41, 5.74) is 0.655. The molecule has 2 N–H and O–H groups in total. The van der Waals surface area contributed by atoms with Crippen LogP contribution in [0.1, 0.15) is 38.4 Å². The lowest BCUT2D eigenvalue weighted by molar-refractivity contribution is -0.181. The number of hydrogen-bond acceptors (Lipinski definition) is 5. The first kappa shape index (κ1) is 18.9. The molecule has 0 bridgehead atoms. The third kappa shape index (κ3) is 4.57. The molecule has 1 aliphatic heterocycles. The normalized spacial score (nSPS) is 24.0. The van der Waals surface area contributed by atoms with Crippen LogP contribution in [-0.2, 0) is 24.0 Å². The van der Waals surface area contributed by atoms with E-state index < -0.39 is 28.3 Å². The largest absolute Gasteiger partial charge is 0.341 e. The first-order chi connectivity index (χ1) is 10.7. The van der Waals surface area contributed by atoms with Gasteiger partial charge in [-0.25, -0.2) is 5.14 Å². The van der Waals surface area contributed by atoms with Crippen molar-refractivity contribution in [1.82, 2.24) is 0 Å². The lowest BCUT2D eigenvalue weighted by Crippen LogP contribution is -2.31. The van der Waals surface area contributed by atoms with Crippen LogP contribution in [0.4, 0.5) is 0 Å². The molecule has 1 fully saturated rings. The summed E-state index contributed by atoms with van der Waals surface area (Å²) < 4.78 is 38.8. The van der Waals surface area contributed by atoms with Gasteiger partial charge in [-0.2, -0.15) is 8.42 Å². The molecule has 1 saturated heterocycles. The van der Waals surface area contributed by atoms with Crippen molar-refractivity contribution in [3.63, 3.8) is 0 Å². The quantitative estimate of drug-likeness (QED) is 0.814. The maximum Gasteiger partial charge on any atom is 0.333 e. The van der Waals surface area contributed by atoms with Crippen LogP contribution in [0.25, 0.3) is 0 Å². The van der Waals surface area contributed by atoms with Crippen LogP contribution in [0.15, 0.2) is 18.2 Å². The zero-order chi connectivity index (χ0) is 17.3. The monoisotopic (exact) mass is 383 g/mol. The Hall–Kier alpha value is -0.410. The fourth-order valence-corrected chi connectivity index (χ4v) is 3.38. The van der Waals surface area contributed by atoms with E-state index in [2.05, 4.69) is 4.18 Å². The van der Waals surface area contributed by atoms with Gasteiger partial charge in [-0.1, -0.05) is 43.1 Å². The second kappa shape index (κ2) is 7.23. The highest BCUT2D eigenvalue weighted by Crippen LogP contribution is 2.44. The Morgan fingerprint density at radius 2 is 1.91 bits per heavy atom. The topological polar surface area (TPSA) is 87.9 Å². The van der Waals surface area contributed by atoms with Crippen molar-refractivity contribution in [2.24, 2.45) is 5.14 Å². The van der Waals surface area contributed by atoms with E-state index in [1.165, 1.54) is 0 Å². The van der Waals surface area contributed by atoms with Gasteiger partial charge >= 0.3 is 10.3 Å². The Morgan fingerprint density at radius 3 is 2.43 bits per heavy atom. The highest BCUT2D eigenvalue weighted by Gasteiger charge is 2.47.